The Balaban J connectivity index is 1.25. The predicted molar refractivity (Wildman–Crippen MR) is 137 cm³/mol. The number of hydrogen-bond acceptors (Lipinski definition) is 9. The fraction of sp³-hybridized carbons (Fsp3) is 0.231. The van der Waals surface area contributed by atoms with E-state index in [4.69, 9.17) is 9.72 Å². The van der Waals surface area contributed by atoms with Gasteiger partial charge in [0, 0.05) is 37.9 Å². The van der Waals surface area contributed by atoms with Gasteiger partial charge < -0.3 is 14.5 Å². The maximum atomic E-state index is 5.54. The van der Waals surface area contributed by atoms with E-state index in [1.165, 1.54) is 0 Å². The van der Waals surface area contributed by atoms with Crippen LogP contribution in [0.5, 0.6) is 5.75 Å². The van der Waals surface area contributed by atoms with Crippen molar-refractivity contribution in [2.24, 2.45) is 0 Å². The average Bonchev–Trinajstić information content (AvgIpc) is 3.39. The summed E-state index contributed by atoms with van der Waals surface area (Å²) in [4.78, 5) is 18.4. The molecule has 36 heavy (non-hydrogen) atoms. The third-order valence-electron chi connectivity index (χ3n) is 6.40. The molecule has 3 aromatic heterocycles. The number of fused-ring (bicyclic) bond motifs is 1. The molecule has 0 saturated carbocycles. The quantitative estimate of drug-likeness (QED) is 0.376. The lowest BCUT2D eigenvalue weighted by atomic mass is 10.2. The highest BCUT2D eigenvalue weighted by atomic mass is 16.5. The Labute approximate surface area is 208 Å². The normalized spacial score (nSPS) is 13.8. The van der Waals surface area contributed by atoms with Gasteiger partial charge in [0.15, 0.2) is 5.82 Å². The minimum atomic E-state index is 0.455. The maximum absolute atomic E-state index is 5.54. The number of benzene rings is 2. The molecule has 0 N–H and O–H groups in total. The molecule has 0 unspecified atom stereocenters. The SMILES string of the molecule is COc1ccccc1N1CCN(c2nccc(-c3nnc4nc(-c5ccccc5)nn4c3C)n2)CC1. The summed E-state index contributed by atoms with van der Waals surface area (Å²) in [7, 11) is 1.71. The minimum absolute atomic E-state index is 0.455. The number of anilines is 2. The van der Waals surface area contributed by atoms with Crippen LogP contribution >= 0.6 is 0 Å². The molecular weight excluding hydrogens is 454 g/mol. The van der Waals surface area contributed by atoms with Gasteiger partial charge in [-0.1, -0.05) is 42.5 Å². The molecule has 0 atom stereocenters. The molecule has 0 amide bonds. The van der Waals surface area contributed by atoms with Crippen LogP contribution in [-0.2, 0) is 0 Å². The van der Waals surface area contributed by atoms with Crippen LogP contribution in [0.15, 0.2) is 66.9 Å². The summed E-state index contributed by atoms with van der Waals surface area (Å²) in [6, 6.07) is 19.8. The highest BCUT2D eigenvalue weighted by Crippen LogP contribution is 2.29. The van der Waals surface area contributed by atoms with Gasteiger partial charge in [0.2, 0.25) is 5.95 Å². The van der Waals surface area contributed by atoms with Crippen molar-refractivity contribution in [2.75, 3.05) is 43.1 Å². The van der Waals surface area contributed by atoms with E-state index >= 15 is 0 Å². The molecule has 6 rings (SSSR count). The zero-order valence-corrected chi connectivity index (χ0v) is 20.1. The molecule has 4 heterocycles. The van der Waals surface area contributed by atoms with E-state index in [2.05, 4.69) is 41.1 Å². The topological polar surface area (TPSA) is 97.5 Å². The zero-order chi connectivity index (χ0) is 24.5. The summed E-state index contributed by atoms with van der Waals surface area (Å²) in [6.45, 7) is 5.25. The second-order valence-electron chi connectivity index (χ2n) is 8.54. The van der Waals surface area contributed by atoms with E-state index in [1.54, 1.807) is 17.8 Å². The number of para-hydroxylation sites is 2. The molecule has 1 aliphatic heterocycles. The van der Waals surface area contributed by atoms with Crippen LogP contribution in [0.4, 0.5) is 11.6 Å². The number of methoxy groups -OCH3 is 1. The van der Waals surface area contributed by atoms with E-state index in [9.17, 15) is 0 Å². The number of hydrogen-bond donors (Lipinski definition) is 0. The van der Waals surface area contributed by atoms with Gasteiger partial charge in [-0.2, -0.15) is 9.50 Å². The largest absolute Gasteiger partial charge is 0.495 e. The Hall–Kier alpha value is -4.60. The highest BCUT2D eigenvalue weighted by molar-refractivity contribution is 5.62. The summed E-state index contributed by atoms with van der Waals surface area (Å²) in [6.07, 6.45) is 1.77. The van der Waals surface area contributed by atoms with E-state index < -0.39 is 0 Å². The second-order valence-corrected chi connectivity index (χ2v) is 8.54. The van der Waals surface area contributed by atoms with Crippen molar-refractivity contribution in [1.29, 1.82) is 0 Å². The molecule has 1 fully saturated rings. The first-order chi connectivity index (χ1) is 17.7. The van der Waals surface area contributed by atoms with Crippen LogP contribution in [0, 0.1) is 6.92 Å². The Morgan fingerprint density at radius 3 is 2.36 bits per heavy atom. The lowest BCUT2D eigenvalue weighted by molar-refractivity contribution is 0.413. The van der Waals surface area contributed by atoms with Gasteiger partial charge in [-0.25, -0.2) is 9.97 Å². The molecule has 0 aliphatic carbocycles. The van der Waals surface area contributed by atoms with Gasteiger partial charge in [-0.05, 0) is 25.1 Å². The number of aryl methyl sites for hydroxylation is 1. The lowest BCUT2D eigenvalue weighted by Crippen LogP contribution is -2.47. The smallest absolute Gasteiger partial charge is 0.272 e. The predicted octanol–water partition coefficient (Wildman–Crippen LogP) is 3.29. The minimum Gasteiger partial charge on any atom is -0.495 e. The Morgan fingerprint density at radius 2 is 1.56 bits per heavy atom. The first-order valence-electron chi connectivity index (χ1n) is 11.8. The molecule has 180 valence electrons. The summed E-state index contributed by atoms with van der Waals surface area (Å²) in [5.41, 5.74) is 4.22. The van der Waals surface area contributed by atoms with Crippen molar-refractivity contribution in [1.82, 2.24) is 34.8 Å². The molecule has 1 aliphatic rings. The van der Waals surface area contributed by atoms with E-state index in [1.807, 2.05) is 61.5 Å². The summed E-state index contributed by atoms with van der Waals surface area (Å²) in [5, 5.41) is 13.4. The van der Waals surface area contributed by atoms with Crippen molar-refractivity contribution in [3.05, 3.63) is 72.6 Å². The lowest BCUT2D eigenvalue weighted by Gasteiger charge is -2.36. The first kappa shape index (κ1) is 21.9. The molecule has 1 saturated heterocycles. The Morgan fingerprint density at radius 1 is 0.806 bits per heavy atom. The van der Waals surface area contributed by atoms with Crippen molar-refractivity contribution < 1.29 is 4.74 Å². The van der Waals surface area contributed by atoms with Crippen molar-refractivity contribution in [3.63, 3.8) is 0 Å². The first-order valence-corrected chi connectivity index (χ1v) is 11.8. The molecule has 0 radical (unpaired) electrons. The van der Waals surface area contributed by atoms with Gasteiger partial charge in [-0.3, -0.25) is 0 Å². The summed E-state index contributed by atoms with van der Waals surface area (Å²) in [5.74, 6) is 2.63. The molecular formula is C26H25N9O. The highest BCUT2D eigenvalue weighted by Gasteiger charge is 2.22. The van der Waals surface area contributed by atoms with Crippen LogP contribution in [0.3, 0.4) is 0 Å². The standard InChI is InChI=1S/C26H25N9O/c1-18-23(30-31-26-29-24(32-35(18)26)19-8-4-3-5-9-19)20-12-13-27-25(28-20)34-16-14-33(15-17-34)21-10-6-7-11-22(21)36-2/h3-13H,14-17H2,1-2H3. The van der Waals surface area contributed by atoms with Gasteiger partial charge >= 0.3 is 0 Å². The maximum Gasteiger partial charge on any atom is 0.272 e. The molecule has 10 heteroatoms. The third-order valence-corrected chi connectivity index (χ3v) is 6.40. The van der Waals surface area contributed by atoms with E-state index in [0.717, 1.165) is 48.9 Å². The van der Waals surface area contributed by atoms with Crippen LogP contribution in [0.25, 0.3) is 28.6 Å². The van der Waals surface area contributed by atoms with Crippen LogP contribution < -0.4 is 14.5 Å². The number of nitrogens with zero attached hydrogens (tertiary/aromatic N) is 9. The van der Waals surface area contributed by atoms with E-state index in [0.29, 0.717) is 28.9 Å². The molecule has 0 spiro atoms. The van der Waals surface area contributed by atoms with Crippen LogP contribution in [0.1, 0.15) is 5.69 Å². The molecule has 10 nitrogen and oxygen atoms in total. The average molecular weight is 480 g/mol. The zero-order valence-electron chi connectivity index (χ0n) is 20.1. The summed E-state index contributed by atoms with van der Waals surface area (Å²) >= 11 is 0. The van der Waals surface area contributed by atoms with Gasteiger partial charge in [0.1, 0.15) is 11.4 Å². The molecule has 2 aromatic carbocycles. The summed E-state index contributed by atoms with van der Waals surface area (Å²) < 4.78 is 7.26. The third kappa shape index (κ3) is 3.96. The fourth-order valence-corrected chi connectivity index (χ4v) is 4.48. The van der Waals surface area contributed by atoms with Crippen LogP contribution in [-0.4, -0.2) is 68.1 Å². The van der Waals surface area contributed by atoms with Gasteiger partial charge in [0.25, 0.3) is 5.78 Å². The Kier molecular flexibility index (Phi) is 5.61. The number of rotatable bonds is 5. The van der Waals surface area contributed by atoms with E-state index in [-0.39, 0.29) is 0 Å². The van der Waals surface area contributed by atoms with Gasteiger partial charge in [0.05, 0.1) is 24.2 Å². The van der Waals surface area contributed by atoms with Crippen molar-refractivity contribution >= 4 is 17.4 Å². The monoisotopic (exact) mass is 479 g/mol. The van der Waals surface area contributed by atoms with Gasteiger partial charge in [-0.15, -0.1) is 15.3 Å². The molecule has 0 bridgehead atoms. The van der Waals surface area contributed by atoms with Crippen molar-refractivity contribution in [2.45, 2.75) is 6.92 Å². The Bertz CT molecular complexity index is 1510. The fourth-order valence-electron chi connectivity index (χ4n) is 4.48. The second kappa shape index (κ2) is 9.21. The number of piperazine rings is 1. The molecule has 5 aromatic rings. The van der Waals surface area contributed by atoms with Crippen molar-refractivity contribution in [3.8, 4) is 28.5 Å². The number of ether oxygens (including phenoxy) is 1. The number of aromatic nitrogens is 7. The van der Waals surface area contributed by atoms with Crippen LogP contribution in [0.2, 0.25) is 0 Å².